The SMILES string of the molecule is O=C(N=c1c(Cl)cn(O)cc1Cl)C(=O)c1cn(Cc2ccc(Cl)cc2Cl)c2c(O)cccc12. The molecule has 0 bridgehead atoms. The maximum Gasteiger partial charge on any atom is 0.318 e. The van der Waals surface area contributed by atoms with Gasteiger partial charge in [-0.15, -0.1) is 0 Å². The molecule has 4 aromatic rings. The number of hydrogen-bond donors (Lipinski definition) is 2. The summed E-state index contributed by atoms with van der Waals surface area (Å²) in [4.78, 5) is 29.4. The maximum atomic E-state index is 13.0. The largest absolute Gasteiger partial charge is 0.506 e. The van der Waals surface area contributed by atoms with E-state index in [0.717, 1.165) is 12.4 Å². The predicted octanol–water partition coefficient (Wildman–Crippen LogP) is 5.36. The number of fused-ring (bicyclic) bond motifs is 1. The number of phenolic OH excluding ortho intramolecular Hbond substituents is 1. The van der Waals surface area contributed by atoms with Gasteiger partial charge >= 0.3 is 5.91 Å². The lowest BCUT2D eigenvalue weighted by molar-refractivity contribution is -0.114. The maximum absolute atomic E-state index is 13.0. The molecule has 0 aliphatic rings. The highest BCUT2D eigenvalue weighted by Crippen LogP contribution is 2.31. The molecule has 2 N–H and O–H groups in total. The Morgan fingerprint density at radius 2 is 1.64 bits per heavy atom. The highest BCUT2D eigenvalue weighted by molar-refractivity contribution is 6.45. The second-order valence-electron chi connectivity index (χ2n) is 7.01. The Hall–Kier alpha value is -2.97. The van der Waals surface area contributed by atoms with Gasteiger partial charge in [-0.25, -0.2) is 4.99 Å². The van der Waals surface area contributed by atoms with Crippen molar-refractivity contribution in [2.45, 2.75) is 6.54 Å². The van der Waals surface area contributed by atoms with Crippen molar-refractivity contribution < 1.29 is 19.9 Å². The van der Waals surface area contributed by atoms with Gasteiger partial charge in [0.2, 0.25) is 0 Å². The number of halogens is 4. The number of para-hydroxylation sites is 1. The lowest BCUT2D eigenvalue weighted by Crippen LogP contribution is -2.18. The molecule has 2 aromatic heterocycles. The van der Waals surface area contributed by atoms with E-state index in [1.54, 1.807) is 34.9 Å². The van der Waals surface area contributed by atoms with Crippen LogP contribution in [0.4, 0.5) is 0 Å². The van der Waals surface area contributed by atoms with Gasteiger partial charge in [-0.2, -0.15) is 4.73 Å². The van der Waals surface area contributed by atoms with Gasteiger partial charge in [0.05, 0.1) is 33.5 Å². The number of aromatic nitrogens is 2. The number of amides is 1. The van der Waals surface area contributed by atoms with E-state index in [1.807, 2.05) is 0 Å². The van der Waals surface area contributed by atoms with Crippen molar-refractivity contribution in [3.05, 3.63) is 91.6 Å². The first kappa shape index (κ1) is 23.2. The zero-order valence-electron chi connectivity index (χ0n) is 16.5. The average Bonchev–Trinajstić information content (AvgIpc) is 3.11. The Kier molecular flexibility index (Phi) is 6.41. The second kappa shape index (κ2) is 9.11. The van der Waals surface area contributed by atoms with Gasteiger partial charge in [-0.1, -0.05) is 64.6 Å². The van der Waals surface area contributed by atoms with E-state index in [0.29, 0.717) is 31.2 Å². The number of aromatic hydroxyl groups is 1. The van der Waals surface area contributed by atoms with Crippen LogP contribution in [-0.2, 0) is 11.3 Å². The fourth-order valence-electron chi connectivity index (χ4n) is 3.36. The number of Topliss-reactive ketones (excluding diaryl/α,β-unsaturated/α-hetero) is 1. The molecule has 0 spiro atoms. The molecule has 0 aliphatic heterocycles. The van der Waals surface area contributed by atoms with E-state index in [4.69, 9.17) is 46.4 Å². The molecule has 33 heavy (non-hydrogen) atoms. The van der Waals surface area contributed by atoms with Crippen LogP contribution in [0.3, 0.4) is 0 Å². The highest BCUT2D eigenvalue weighted by Gasteiger charge is 2.23. The van der Waals surface area contributed by atoms with Gasteiger partial charge in [0.1, 0.15) is 11.1 Å². The van der Waals surface area contributed by atoms with E-state index in [1.165, 1.54) is 12.3 Å². The molecule has 0 saturated carbocycles. The zero-order chi connectivity index (χ0) is 23.9. The van der Waals surface area contributed by atoms with Crippen molar-refractivity contribution in [3.63, 3.8) is 0 Å². The number of hydrogen-bond acceptors (Lipinski definition) is 4. The minimum atomic E-state index is -1.12. The van der Waals surface area contributed by atoms with Gasteiger partial charge in [0.25, 0.3) is 5.78 Å². The Morgan fingerprint density at radius 3 is 2.30 bits per heavy atom. The van der Waals surface area contributed by atoms with Crippen LogP contribution in [-0.4, -0.2) is 31.3 Å². The Labute approximate surface area is 206 Å². The smallest absolute Gasteiger partial charge is 0.318 e. The first-order valence-corrected chi connectivity index (χ1v) is 10.8. The minimum absolute atomic E-state index is 0.0279. The van der Waals surface area contributed by atoms with Crippen molar-refractivity contribution in [2.24, 2.45) is 4.99 Å². The Balaban J connectivity index is 1.80. The molecule has 0 fully saturated rings. The summed E-state index contributed by atoms with van der Waals surface area (Å²) in [5.74, 6) is -2.14. The zero-order valence-corrected chi connectivity index (χ0v) is 19.5. The Bertz CT molecular complexity index is 1480. The van der Waals surface area contributed by atoms with Gasteiger partial charge < -0.3 is 14.9 Å². The summed E-state index contributed by atoms with van der Waals surface area (Å²) >= 11 is 24.2. The number of carbonyl (C=O) groups excluding carboxylic acids is 2. The van der Waals surface area contributed by atoms with Crippen molar-refractivity contribution in [1.82, 2.24) is 9.30 Å². The molecule has 0 unspecified atom stereocenters. The number of nitrogens with zero attached hydrogens (tertiary/aromatic N) is 3. The number of benzene rings is 2. The lowest BCUT2D eigenvalue weighted by Gasteiger charge is -2.09. The van der Waals surface area contributed by atoms with Gasteiger partial charge in [0, 0.05) is 28.2 Å². The van der Waals surface area contributed by atoms with E-state index in [9.17, 15) is 19.9 Å². The molecular weight excluding hydrogens is 512 g/mol. The van der Waals surface area contributed by atoms with Gasteiger partial charge in [-0.05, 0) is 23.8 Å². The molecule has 7 nitrogen and oxygen atoms in total. The van der Waals surface area contributed by atoms with E-state index in [2.05, 4.69) is 4.99 Å². The third-order valence-electron chi connectivity index (χ3n) is 4.83. The highest BCUT2D eigenvalue weighted by atomic mass is 35.5. The lowest BCUT2D eigenvalue weighted by atomic mass is 10.1. The fourth-order valence-corrected chi connectivity index (χ4v) is 4.36. The molecule has 0 aliphatic carbocycles. The number of carbonyl (C=O) groups is 2. The normalized spacial score (nSPS) is 11.0. The summed E-state index contributed by atoms with van der Waals surface area (Å²) in [5.41, 5.74) is 1.06. The number of ketones is 1. The first-order chi connectivity index (χ1) is 15.7. The number of pyridine rings is 1. The third kappa shape index (κ3) is 4.58. The van der Waals surface area contributed by atoms with E-state index < -0.39 is 11.7 Å². The minimum Gasteiger partial charge on any atom is -0.506 e. The second-order valence-corrected chi connectivity index (χ2v) is 8.67. The molecule has 2 heterocycles. The summed E-state index contributed by atoms with van der Waals surface area (Å²) < 4.78 is 2.21. The Morgan fingerprint density at radius 1 is 0.939 bits per heavy atom. The quantitative estimate of drug-likeness (QED) is 0.213. The standard InChI is InChI=1S/C22H13Cl4N3O4/c23-12-5-4-11(15(24)6-12)7-28-8-14(13-2-1-3-18(30)20(13)28)21(31)22(32)27-19-16(25)9-29(33)10-17(19)26/h1-6,8-10,30,33H,7H2. The summed E-state index contributed by atoms with van der Waals surface area (Å²) in [6, 6.07) is 9.61. The summed E-state index contributed by atoms with van der Waals surface area (Å²) in [7, 11) is 0. The predicted molar refractivity (Wildman–Crippen MR) is 126 cm³/mol. The monoisotopic (exact) mass is 523 g/mol. The molecule has 0 radical (unpaired) electrons. The number of phenols is 1. The molecule has 2 aromatic carbocycles. The van der Waals surface area contributed by atoms with Gasteiger partial charge in [0.15, 0.2) is 0 Å². The van der Waals surface area contributed by atoms with Crippen LogP contribution in [0.25, 0.3) is 10.9 Å². The van der Waals surface area contributed by atoms with Crippen LogP contribution in [0, 0.1) is 0 Å². The average molecular weight is 525 g/mol. The fraction of sp³-hybridized carbons (Fsp3) is 0.0455. The van der Waals surface area contributed by atoms with Crippen LogP contribution in [0.5, 0.6) is 5.75 Å². The van der Waals surface area contributed by atoms with Crippen molar-refractivity contribution in [3.8, 4) is 5.75 Å². The van der Waals surface area contributed by atoms with Crippen LogP contribution < -0.4 is 5.36 Å². The summed E-state index contributed by atoms with van der Waals surface area (Å²) in [6.45, 7) is 0.204. The third-order valence-corrected chi connectivity index (χ3v) is 5.97. The van der Waals surface area contributed by atoms with Crippen molar-refractivity contribution in [1.29, 1.82) is 0 Å². The molecule has 11 heteroatoms. The summed E-state index contributed by atoms with van der Waals surface area (Å²) in [5, 5.41) is 20.7. The van der Waals surface area contributed by atoms with Crippen LogP contribution in [0.2, 0.25) is 20.1 Å². The van der Waals surface area contributed by atoms with Crippen LogP contribution >= 0.6 is 46.4 Å². The molecular formula is C22H13Cl4N3O4. The van der Waals surface area contributed by atoms with E-state index >= 15 is 0 Å². The van der Waals surface area contributed by atoms with Crippen molar-refractivity contribution in [2.75, 3.05) is 0 Å². The van der Waals surface area contributed by atoms with Crippen LogP contribution in [0.1, 0.15) is 15.9 Å². The molecule has 0 atom stereocenters. The molecule has 0 saturated heterocycles. The summed E-state index contributed by atoms with van der Waals surface area (Å²) in [6.07, 6.45) is 3.59. The topological polar surface area (TPSA) is 96.8 Å². The van der Waals surface area contributed by atoms with Crippen molar-refractivity contribution >= 4 is 69.0 Å². The number of rotatable bonds is 4. The van der Waals surface area contributed by atoms with Gasteiger partial charge in [-0.3, -0.25) is 9.59 Å². The first-order valence-electron chi connectivity index (χ1n) is 9.30. The molecule has 1 amide bonds. The van der Waals surface area contributed by atoms with Crippen LogP contribution in [0.15, 0.2) is 60.0 Å². The van der Waals surface area contributed by atoms with E-state index in [-0.39, 0.29) is 33.3 Å². The molecule has 168 valence electrons. The molecule has 4 rings (SSSR count).